The molecule has 108 valence electrons. The molecule has 1 aliphatic heterocycles. The summed E-state index contributed by atoms with van der Waals surface area (Å²) in [4.78, 5) is 4.41. The van der Waals surface area contributed by atoms with Crippen LogP contribution in [0.1, 0.15) is 6.92 Å². The Kier molecular flexibility index (Phi) is 5.87. The predicted octanol–water partition coefficient (Wildman–Crippen LogP) is 1.41. The van der Waals surface area contributed by atoms with Gasteiger partial charge in [0.2, 0.25) is 0 Å². The van der Waals surface area contributed by atoms with Crippen molar-refractivity contribution in [3.05, 3.63) is 12.4 Å². The maximum Gasteiger partial charge on any atom is 0.428 e. The molecule has 0 fully saturated rings. The first kappa shape index (κ1) is 17.0. The Bertz CT molecular complexity index is 386. The van der Waals surface area contributed by atoms with Crippen LogP contribution in [0, 0.1) is 0 Å². The zero-order valence-electron chi connectivity index (χ0n) is 9.72. The third kappa shape index (κ3) is 4.69. The minimum Gasteiger partial charge on any atom is -0.362 e. The van der Waals surface area contributed by atoms with Gasteiger partial charge in [0.05, 0.1) is 6.67 Å². The zero-order chi connectivity index (χ0) is 14.6. The molecular formula is C8H14F4N2O3S. The lowest BCUT2D eigenvalue weighted by Crippen LogP contribution is -2.35. The smallest absolute Gasteiger partial charge is 0.362 e. The summed E-state index contributed by atoms with van der Waals surface area (Å²) in [6, 6.07) is 0. The maximum absolute atomic E-state index is 11.5. The monoisotopic (exact) mass is 294 g/mol. The minimum absolute atomic E-state index is 1.05. The lowest BCUT2D eigenvalue weighted by Gasteiger charge is -2.14. The summed E-state index contributed by atoms with van der Waals surface area (Å²) < 4.78 is 71.3. The average molecular weight is 294 g/mol. The number of nitrogens with zero attached hydrogens (tertiary/aromatic N) is 2. The van der Waals surface area contributed by atoms with E-state index in [1.54, 1.807) is 0 Å². The summed E-state index contributed by atoms with van der Waals surface area (Å²) in [5.74, 6) is 0. The van der Waals surface area contributed by atoms with Crippen LogP contribution >= 0.6 is 0 Å². The molecule has 0 saturated carbocycles. The molecule has 0 radical (unpaired) electrons. The van der Waals surface area contributed by atoms with Crippen molar-refractivity contribution >= 4 is 10.1 Å². The Morgan fingerprint density at radius 3 is 2.00 bits per heavy atom. The molecule has 0 bridgehead atoms. The second-order valence-corrected chi connectivity index (χ2v) is 4.93. The van der Waals surface area contributed by atoms with E-state index in [9.17, 15) is 26.0 Å². The SMILES string of the molecule is CCN1C=CN(C)C1.O=S(=O)(O)C(F)(F)C(F)F. The van der Waals surface area contributed by atoms with Crippen LogP contribution in [-0.2, 0) is 10.1 Å². The van der Waals surface area contributed by atoms with Gasteiger partial charge < -0.3 is 9.80 Å². The average Bonchev–Trinajstić information content (AvgIpc) is 2.63. The summed E-state index contributed by atoms with van der Waals surface area (Å²) in [5.41, 5.74) is 0. The third-order valence-electron chi connectivity index (χ3n) is 1.94. The largest absolute Gasteiger partial charge is 0.428 e. The highest BCUT2D eigenvalue weighted by atomic mass is 32.2. The maximum atomic E-state index is 11.5. The number of alkyl halides is 4. The van der Waals surface area contributed by atoms with Gasteiger partial charge in [0, 0.05) is 26.0 Å². The van der Waals surface area contributed by atoms with Gasteiger partial charge in [-0.3, -0.25) is 4.55 Å². The number of halogens is 4. The highest BCUT2D eigenvalue weighted by molar-refractivity contribution is 7.86. The molecule has 0 unspecified atom stereocenters. The Morgan fingerprint density at radius 1 is 1.39 bits per heavy atom. The van der Waals surface area contributed by atoms with Gasteiger partial charge in [-0.2, -0.15) is 17.2 Å². The van der Waals surface area contributed by atoms with E-state index in [0.717, 1.165) is 13.2 Å². The fraction of sp³-hybridized carbons (Fsp3) is 0.750. The molecule has 1 N–H and O–H groups in total. The van der Waals surface area contributed by atoms with Gasteiger partial charge in [-0.25, -0.2) is 8.78 Å². The predicted molar refractivity (Wildman–Crippen MR) is 56.6 cm³/mol. The molecule has 0 saturated heterocycles. The molecule has 5 nitrogen and oxygen atoms in total. The van der Waals surface area contributed by atoms with Gasteiger partial charge in [0.15, 0.2) is 0 Å². The van der Waals surface area contributed by atoms with Crippen molar-refractivity contribution in [1.82, 2.24) is 9.80 Å². The fourth-order valence-electron chi connectivity index (χ4n) is 0.907. The molecule has 1 aliphatic rings. The van der Waals surface area contributed by atoms with E-state index in [2.05, 4.69) is 36.2 Å². The number of rotatable bonds is 3. The van der Waals surface area contributed by atoms with Crippen LogP contribution in [0.25, 0.3) is 0 Å². The molecule has 0 atom stereocenters. The Hall–Kier alpha value is -1.03. The van der Waals surface area contributed by atoms with Crippen molar-refractivity contribution in [2.45, 2.75) is 18.6 Å². The summed E-state index contributed by atoms with van der Waals surface area (Å²) >= 11 is 0. The Balaban J connectivity index is 0.000000327. The first-order valence-corrected chi connectivity index (χ1v) is 6.22. The molecule has 0 aliphatic carbocycles. The van der Waals surface area contributed by atoms with Gasteiger partial charge in [0.1, 0.15) is 0 Å². The molecule has 1 heterocycles. The molecule has 1 rings (SSSR count). The molecule has 10 heteroatoms. The first-order chi connectivity index (χ1) is 8.02. The molecular weight excluding hydrogens is 280 g/mol. The highest BCUT2D eigenvalue weighted by Crippen LogP contribution is 2.27. The normalized spacial score (nSPS) is 16.0. The number of hydrogen-bond donors (Lipinski definition) is 1. The van der Waals surface area contributed by atoms with Crippen LogP contribution in [-0.4, -0.2) is 54.7 Å². The lowest BCUT2D eigenvalue weighted by molar-refractivity contribution is -0.0687. The van der Waals surface area contributed by atoms with Crippen molar-refractivity contribution in [1.29, 1.82) is 0 Å². The molecule has 18 heavy (non-hydrogen) atoms. The lowest BCUT2D eigenvalue weighted by atomic mass is 10.6. The third-order valence-corrected chi connectivity index (χ3v) is 2.81. The molecule has 0 spiro atoms. The quantitative estimate of drug-likeness (QED) is 0.630. The van der Waals surface area contributed by atoms with E-state index in [0.29, 0.717) is 0 Å². The van der Waals surface area contributed by atoms with Crippen LogP contribution in [0.5, 0.6) is 0 Å². The van der Waals surface area contributed by atoms with E-state index in [-0.39, 0.29) is 0 Å². The second kappa shape index (κ2) is 6.23. The fourth-order valence-corrected chi connectivity index (χ4v) is 1.13. The van der Waals surface area contributed by atoms with Gasteiger partial charge in [0.25, 0.3) is 0 Å². The van der Waals surface area contributed by atoms with Crippen LogP contribution in [0.4, 0.5) is 17.6 Å². The molecule has 0 amide bonds. The molecule has 0 aromatic carbocycles. The van der Waals surface area contributed by atoms with Gasteiger partial charge in [-0.15, -0.1) is 0 Å². The standard InChI is InChI=1S/C6H12N2.C2H2F4O3S/c1-3-8-5-4-7(2)6-8;3-1(4)2(5,6)10(7,8)9/h4-5H,3,6H2,1-2H3;1H,(H,7,8,9). The van der Waals surface area contributed by atoms with Crippen molar-refractivity contribution in [3.8, 4) is 0 Å². The van der Waals surface area contributed by atoms with E-state index < -0.39 is 21.8 Å². The summed E-state index contributed by atoms with van der Waals surface area (Å²) in [6.07, 6.45) is -0.216. The van der Waals surface area contributed by atoms with Gasteiger partial charge in [-0.05, 0) is 6.92 Å². The first-order valence-electron chi connectivity index (χ1n) is 4.78. The van der Waals surface area contributed by atoms with E-state index in [1.807, 2.05) is 0 Å². The van der Waals surface area contributed by atoms with Crippen molar-refractivity contribution in [2.24, 2.45) is 0 Å². The van der Waals surface area contributed by atoms with Crippen LogP contribution in [0.15, 0.2) is 12.4 Å². The molecule has 0 aromatic heterocycles. The van der Waals surface area contributed by atoms with Gasteiger partial charge >= 0.3 is 21.8 Å². The van der Waals surface area contributed by atoms with Crippen molar-refractivity contribution in [3.63, 3.8) is 0 Å². The summed E-state index contributed by atoms with van der Waals surface area (Å²) in [5, 5.41) is -5.37. The topological polar surface area (TPSA) is 60.9 Å². The van der Waals surface area contributed by atoms with E-state index >= 15 is 0 Å². The summed E-state index contributed by atoms with van der Waals surface area (Å²) in [6.45, 7) is 4.32. The van der Waals surface area contributed by atoms with E-state index in [4.69, 9.17) is 4.55 Å². The highest BCUT2D eigenvalue weighted by Gasteiger charge is 2.53. The van der Waals surface area contributed by atoms with Crippen LogP contribution in [0.2, 0.25) is 0 Å². The number of hydrogen-bond acceptors (Lipinski definition) is 4. The zero-order valence-corrected chi connectivity index (χ0v) is 10.5. The van der Waals surface area contributed by atoms with E-state index in [1.165, 1.54) is 0 Å². The van der Waals surface area contributed by atoms with Crippen molar-refractivity contribution < 1.29 is 30.5 Å². The van der Waals surface area contributed by atoms with Crippen LogP contribution in [0.3, 0.4) is 0 Å². The van der Waals surface area contributed by atoms with Crippen molar-refractivity contribution in [2.75, 3.05) is 20.3 Å². The van der Waals surface area contributed by atoms with Crippen LogP contribution < -0.4 is 0 Å². The second-order valence-electron chi connectivity index (χ2n) is 3.44. The Labute approximate surface area is 102 Å². The summed E-state index contributed by atoms with van der Waals surface area (Å²) in [7, 11) is -3.91. The van der Waals surface area contributed by atoms with Gasteiger partial charge in [-0.1, -0.05) is 0 Å². The Morgan fingerprint density at radius 2 is 1.89 bits per heavy atom. The molecule has 0 aromatic rings. The minimum atomic E-state index is -5.98.